The van der Waals surface area contributed by atoms with Crippen molar-refractivity contribution in [3.05, 3.63) is 39.5 Å². The average molecular weight is 307 g/mol. The van der Waals surface area contributed by atoms with Crippen LogP contribution >= 0.6 is 11.6 Å². The van der Waals surface area contributed by atoms with Crippen LogP contribution in [0.5, 0.6) is 0 Å². The third-order valence-corrected chi connectivity index (χ3v) is 3.71. The van der Waals surface area contributed by atoms with Gasteiger partial charge in [-0.15, -0.1) is 0 Å². The van der Waals surface area contributed by atoms with Gasteiger partial charge in [0.15, 0.2) is 0 Å². The quantitative estimate of drug-likeness (QED) is 0.749. The van der Waals surface area contributed by atoms with Crippen LogP contribution in [0.25, 0.3) is 5.03 Å². The van der Waals surface area contributed by atoms with E-state index in [1.807, 2.05) is 52.6 Å². The predicted molar refractivity (Wildman–Crippen MR) is 59.9 cm³/mol. The van der Waals surface area contributed by atoms with Gasteiger partial charge in [0.05, 0.1) is 0 Å². The third kappa shape index (κ3) is 3.35. The molecule has 0 aliphatic heterocycles. The minimum atomic E-state index is 0.909. The average Bonchev–Trinajstić information content (AvgIpc) is 2.18. The van der Waals surface area contributed by atoms with Gasteiger partial charge >= 0.3 is 98.2 Å². The molecule has 13 heavy (non-hydrogen) atoms. The molecule has 0 unspecified atom stereocenters. The summed E-state index contributed by atoms with van der Waals surface area (Å²) in [6.07, 6.45) is 2.23. The third-order valence-electron chi connectivity index (χ3n) is 1.75. The Morgan fingerprint density at radius 1 is 1.31 bits per heavy atom. The van der Waals surface area contributed by atoms with Crippen LogP contribution < -0.4 is 0 Å². The minimum absolute atomic E-state index is 0.909. The van der Waals surface area contributed by atoms with Crippen molar-refractivity contribution in [2.75, 3.05) is 0 Å². The molecule has 0 saturated carbocycles. The summed E-state index contributed by atoms with van der Waals surface area (Å²) in [5.41, 5.74) is 1.12. The van der Waals surface area contributed by atoms with E-state index in [0.717, 1.165) is 23.4 Å². The molecule has 0 bridgehead atoms. The fourth-order valence-corrected chi connectivity index (χ4v) is 2.22. The predicted octanol–water partition coefficient (Wildman–Crippen LogP) is 3.56. The van der Waals surface area contributed by atoms with Gasteiger partial charge in [-0.2, -0.15) is 0 Å². The van der Waals surface area contributed by atoms with Crippen LogP contribution in [0.1, 0.15) is 25.3 Å². The molecule has 0 amide bonds. The molecule has 0 atom stereocenters. The molecule has 2 heteroatoms. The van der Waals surface area contributed by atoms with Crippen LogP contribution in [0.15, 0.2) is 34.0 Å². The Labute approximate surface area is 97.9 Å². The maximum absolute atomic E-state index is 6.22. The molecule has 0 spiro atoms. The molecule has 1 rings (SSSR count). The topological polar surface area (TPSA) is 0 Å². The summed E-state index contributed by atoms with van der Waals surface area (Å²) in [6, 6.07) is 10.1. The Bertz CT molecular complexity index is 290. The molecule has 69 valence electrons. The van der Waals surface area contributed by atoms with E-state index in [2.05, 4.69) is 6.92 Å². The van der Waals surface area contributed by atoms with Crippen molar-refractivity contribution in [2.45, 2.75) is 19.8 Å². The number of hydrogen-bond donors (Lipinski definition) is 0. The van der Waals surface area contributed by atoms with Crippen LogP contribution in [-0.4, -0.2) is 22.3 Å². The van der Waals surface area contributed by atoms with E-state index in [1.165, 1.54) is 3.62 Å². The molecular weight excluding hydrogens is 295 g/mol. The zero-order valence-electron chi connectivity index (χ0n) is 7.59. The second kappa shape index (κ2) is 5.70. The molecule has 1 radical (unpaired) electrons. The monoisotopic (exact) mass is 309 g/mol. The Morgan fingerprint density at radius 3 is 2.46 bits per heavy atom. The van der Waals surface area contributed by atoms with Crippen LogP contribution in [0, 0.1) is 0 Å². The molecule has 0 aliphatic carbocycles. The van der Waals surface area contributed by atoms with Crippen molar-refractivity contribution >= 4 is 38.9 Å². The van der Waals surface area contributed by atoms with Crippen molar-refractivity contribution in [1.82, 2.24) is 0 Å². The van der Waals surface area contributed by atoms with Crippen molar-refractivity contribution in [3.63, 3.8) is 0 Å². The molecule has 1 aromatic rings. The number of halogens is 1. The first-order valence-corrected chi connectivity index (χ1v) is 5.91. The zero-order chi connectivity index (χ0) is 9.68. The molecule has 0 nitrogen and oxygen atoms in total. The van der Waals surface area contributed by atoms with E-state index in [-0.39, 0.29) is 0 Å². The van der Waals surface area contributed by atoms with Crippen molar-refractivity contribution in [1.29, 1.82) is 0 Å². The van der Waals surface area contributed by atoms with Crippen LogP contribution in [-0.2, 0) is 0 Å². The summed E-state index contributed by atoms with van der Waals surface area (Å²) in [4.78, 5) is 0. The SMILES string of the molecule is CCC/C([Te])=C(/Cl)c1ccccc1. The Kier molecular flexibility index (Phi) is 4.88. The second-order valence-electron chi connectivity index (χ2n) is 2.85. The number of rotatable bonds is 3. The summed E-state index contributed by atoms with van der Waals surface area (Å²) in [5, 5.41) is 0.909. The number of hydrogen-bond acceptors (Lipinski definition) is 0. The zero-order valence-corrected chi connectivity index (χ0v) is 10.7. The van der Waals surface area contributed by atoms with E-state index < -0.39 is 0 Å². The van der Waals surface area contributed by atoms with Gasteiger partial charge in [-0.25, -0.2) is 0 Å². The molecule has 0 heterocycles. The van der Waals surface area contributed by atoms with Gasteiger partial charge in [0.2, 0.25) is 0 Å². The van der Waals surface area contributed by atoms with Crippen molar-refractivity contribution in [3.8, 4) is 0 Å². The number of benzene rings is 1. The van der Waals surface area contributed by atoms with Gasteiger partial charge in [0.1, 0.15) is 0 Å². The van der Waals surface area contributed by atoms with Crippen LogP contribution in [0.4, 0.5) is 0 Å². The molecule has 0 fully saturated rings. The van der Waals surface area contributed by atoms with Crippen LogP contribution in [0.3, 0.4) is 0 Å². The van der Waals surface area contributed by atoms with Gasteiger partial charge in [0.25, 0.3) is 0 Å². The van der Waals surface area contributed by atoms with Crippen LogP contribution in [0.2, 0.25) is 0 Å². The van der Waals surface area contributed by atoms with Gasteiger partial charge < -0.3 is 0 Å². The fraction of sp³-hybridized carbons (Fsp3) is 0.273. The van der Waals surface area contributed by atoms with E-state index in [4.69, 9.17) is 11.6 Å². The Hall–Kier alpha value is 0.0396. The Balaban J connectivity index is 2.89. The van der Waals surface area contributed by atoms with Gasteiger partial charge in [-0.3, -0.25) is 0 Å². The number of allylic oxidation sites excluding steroid dienone is 1. The summed E-state index contributed by atoms with van der Waals surface area (Å²) >= 11 is 8.24. The summed E-state index contributed by atoms with van der Waals surface area (Å²) in [6.45, 7) is 2.17. The molecule has 0 aromatic heterocycles. The standard InChI is InChI=1S/C11H12ClTe/c1-2-6-10(13)11(12)9-7-4-3-5-8-9/h3-5,7-8H,2,6H2,1H3/b11-10-. The van der Waals surface area contributed by atoms with E-state index in [1.54, 1.807) is 0 Å². The van der Waals surface area contributed by atoms with E-state index >= 15 is 0 Å². The molecule has 1 aromatic carbocycles. The van der Waals surface area contributed by atoms with Crippen molar-refractivity contribution < 1.29 is 0 Å². The molecular formula is C11H12ClTe. The maximum atomic E-state index is 6.22. The van der Waals surface area contributed by atoms with Crippen molar-refractivity contribution in [2.24, 2.45) is 0 Å². The summed E-state index contributed by atoms with van der Waals surface area (Å²) < 4.78 is 1.28. The summed E-state index contributed by atoms with van der Waals surface area (Å²) in [5.74, 6) is 0. The normalized spacial score (nSPS) is 12.5. The van der Waals surface area contributed by atoms with E-state index in [0.29, 0.717) is 0 Å². The first kappa shape index (κ1) is 11.1. The van der Waals surface area contributed by atoms with E-state index in [9.17, 15) is 0 Å². The molecule has 0 N–H and O–H groups in total. The fourth-order valence-electron chi connectivity index (χ4n) is 1.08. The Morgan fingerprint density at radius 2 is 1.92 bits per heavy atom. The summed E-state index contributed by atoms with van der Waals surface area (Å²) in [7, 11) is 0. The van der Waals surface area contributed by atoms with Gasteiger partial charge in [-0.05, 0) is 0 Å². The first-order chi connectivity index (χ1) is 6.25. The second-order valence-corrected chi connectivity index (χ2v) is 4.64. The molecule has 0 aliphatic rings. The van der Waals surface area contributed by atoms with Gasteiger partial charge in [0, 0.05) is 0 Å². The van der Waals surface area contributed by atoms with Gasteiger partial charge in [-0.1, -0.05) is 0 Å². The first-order valence-electron chi connectivity index (χ1n) is 4.36. The molecule has 0 saturated heterocycles.